The van der Waals surface area contributed by atoms with E-state index in [1.54, 1.807) is 4.90 Å². The average Bonchev–Trinajstić information content (AvgIpc) is 2.45. The quantitative estimate of drug-likeness (QED) is 0.768. The van der Waals surface area contributed by atoms with E-state index in [1.807, 2.05) is 32.0 Å². The lowest BCUT2D eigenvalue weighted by atomic mass is 10.1. The van der Waals surface area contributed by atoms with Crippen molar-refractivity contribution in [1.29, 1.82) is 0 Å². The van der Waals surface area contributed by atoms with Gasteiger partial charge in [-0.05, 0) is 32.4 Å². The molecule has 1 rings (SSSR count). The molecule has 20 heavy (non-hydrogen) atoms. The summed E-state index contributed by atoms with van der Waals surface area (Å²) in [5.41, 5.74) is 2.62. The molecule has 0 heterocycles. The molecule has 0 saturated heterocycles. The van der Waals surface area contributed by atoms with E-state index in [0.717, 1.165) is 30.6 Å². The summed E-state index contributed by atoms with van der Waals surface area (Å²) in [6.07, 6.45) is 1.98. The summed E-state index contributed by atoms with van der Waals surface area (Å²) < 4.78 is 0. The van der Waals surface area contributed by atoms with E-state index in [-0.39, 0.29) is 12.5 Å². The molecular formula is C16H26N2O2. The second-order valence-electron chi connectivity index (χ2n) is 4.95. The Bertz CT molecular complexity index is 432. The van der Waals surface area contributed by atoms with Crippen LogP contribution in [-0.2, 0) is 0 Å². The van der Waals surface area contributed by atoms with Gasteiger partial charge in [0.15, 0.2) is 0 Å². The van der Waals surface area contributed by atoms with Crippen LogP contribution in [0.25, 0.3) is 0 Å². The van der Waals surface area contributed by atoms with Crippen molar-refractivity contribution >= 4 is 11.6 Å². The van der Waals surface area contributed by atoms with Crippen molar-refractivity contribution in [2.45, 2.75) is 33.6 Å². The smallest absolute Gasteiger partial charge is 0.256 e. The minimum Gasteiger partial charge on any atom is -0.395 e. The van der Waals surface area contributed by atoms with Crippen molar-refractivity contribution in [3.63, 3.8) is 0 Å². The molecule has 0 aromatic heterocycles. The van der Waals surface area contributed by atoms with E-state index in [2.05, 4.69) is 12.2 Å². The highest BCUT2D eigenvalue weighted by Crippen LogP contribution is 2.19. The molecule has 112 valence electrons. The van der Waals surface area contributed by atoms with E-state index in [9.17, 15) is 4.79 Å². The third kappa shape index (κ3) is 4.53. The number of anilines is 1. The fourth-order valence-corrected chi connectivity index (χ4v) is 2.13. The van der Waals surface area contributed by atoms with Gasteiger partial charge in [-0.25, -0.2) is 0 Å². The van der Waals surface area contributed by atoms with E-state index >= 15 is 0 Å². The van der Waals surface area contributed by atoms with Crippen LogP contribution in [-0.4, -0.2) is 42.2 Å². The number of nitrogens with one attached hydrogen (secondary N) is 1. The number of hydrogen-bond donors (Lipinski definition) is 2. The lowest BCUT2D eigenvalue weighted by Crippen LogP contribution is -2.35. The monoisotopic (exact) mass is 278 g/mol. The lowest BCUT2D eigenvalue weighted by Gasteiger charge is -2.23. The zero-order valence-corrected chi connectivity index (χ0v) is 12.8. The van der Waals surface area contributed by atoms with Gasteiger partial charge in [0, 0.05) is 25.3 Å². The Kier molecular flexibility index (Phi) is 7.09. The minimum absolute atomic E-state index is 0.00217. The van der Waals surface area contributed by atoms with E-state index in [1.165, 1.54) is 0 Å². The molecule has 0 aliphatic rings. The molecule has 4 nitrogen and oxygen atoms in total. The molecule has 4 heteroatoms. The molecule has 0 aliphatic heterocycles. The minimum atomic E-state index is -0.00727. The van der Waals surface area contributed by atoms with Crippen molar-refractivity contribution in [3.8, 4) is 0 Å². The molecule has 0 bridgehead atoms. The molecule has 0 saturated carbocycles. The summed E-state index contributed by atoms with van der Waals surface area (Å²) in [7, 11) is 0. The van der Waals surface area contributed by atoms with Crippen molar-refractivity contribution < 1.29 is 9.90 Å². The first-order valence-electron chi connectivity index (χ1n) is 7.38. The molecule has 1 aromatic carbocycles. The van der Waals surface area contributed by atoms with Crippen LogP contribution in [0.3, 0.4) is 0 Å². The first-order valence-corrected chi connectivity index (χ1v) is 7.38. The SMILES string of the molecule is CCCCN(CCO)C(=O)c1cc(C)ccc1NCC. The van der Waals surface area contributed by atoms with Crippen molar-refractivity contribution in [2.24, 2.45) is 0 Å². The van der Waals surface area contributed by atoms with Gasteiger partial charge in [-0.2, -0.15) is 0 Å². The Hall–Kier alpha value is -1.55. The van der Waals surface area contributed by atoms with Crippen molar-refractivity contribution in [2.75, 3.05) is 31.6 Å². The highest BCUT2D eigenvalue weighted by Gasteiger charge is 2.18. The Morgan fingerprint density at radius 2 is 2.05 bits per heavy atom. The van der Waals surface area contributed by atoms with Gasteiger partial charge in [0.25, 0.3) is 5.91 Å². The molecule has 0 fully saturated rings. The number of aryl methyl sites for hydroxylation is 1. The van der Waals surface area contributed by atoms with Gasteiger partial charge in [0.2, 0.25) is 0 Å². The summed E-state index contributed by atoms with van der Waals surface area (Å²) in [5, 5.41) is 12.4. The molecule has 0 radical (unpaired) electrons. The highest BCUT2D eigenvalue weighted by atomic mass is 16.3. The maximum Gasteiger partial charge on any atom is 0.256 e. The van der Waals surface area contributed by atoms with E-state index in [4.69, 9.17) is 5.11 Å². The largest absolute Gasteiger partial charge is 0.395 e. The van der Waals surface area contributed by atoms with Gasteiger partial charge < -0.3 is 15.3 Å². The fraction of sp³-hybridized carbons (Fsp3) is 0.562. The molecule has 1 aromatic rings. The number of carbonyl (C=O) groups excluding carboxylic acids is 1. The summed E-state index contributed by atoms with van der Waals surface area (Å²) in [6, 6.07) is 5.86. The van der Waals surface area contributed by atoms with Crippen LogP contribution in [0, 0.1) is 6.92 Å². The Labute approximate surface area is 121 Å². The number of carbonyl (C=O) groups is 1. The van der Waals surface area contributed by atoms with Gasteiger partial charge in [-0.3, -0.25) is 4.79 Å². The van der Waals surface area contributed by atoms with Crippen LogP contribution >= 0.6 is 0 Å². The first kappa shape index (κ1) is 16.5. The van der Waals surface area contributed by atoms with Crippen molar-refractivity contribution in [3.05, 3.63) is 29.3 Å². The zero-order chi connectivity index (χ0) is 15.0. The topological polar surface area (TPSA) is 52.6 Å². The number of amides is 1. The lowest BCUT2D eigenvalue weighted by molar-refractivity contribution is 0.0720. The number of aliphatic hydroxyl groups excluding tert-OH is 1. The molecule has 2 N–H and O–H groups in total. The van der Waals surface area contributed by atoms with Gasteiger partial charge in [-0.15, -0.1) is 0 Å². The van der Waals surface area contributed by atoms with Crippen LogP contribution in [0.1, 0.15) is 42.6 Å². The van der Waals surface area contributed by atoms with Gasteiger partial charge in [-0.1, -0.05) is 25.0 Å². The maximum absolute atomic E-state index is 12.7. The predicted octanol–water partition coefficient (Wildman–Crippen LogP) is 2.66. The highest BCUT2D eigenvalue weighted by molar-refractivity contribution is 5.99. The molecule has 0 unspecified atom stereocenters. The average molecular weight is 278 g/mol. The van der Waals surface area contributed by atoms with Gasteiger partial charge in [0.1, 0.15) is 0 Å². The second kappa shape index (κ2) is 8.59. The Morgan fingerprint density at radius 1 is 1.30 bits per heavy atom. The maximum atomic E-state index is 12.7. The van der Waals surface area contributed by atoms with Crippen LogP contribution < -0.4 is 5.32 Å². The molecule has 0 aliphatic carbocycles. The van der Waals surface area contributed by atoms with Crippen LogP contribution in [0.2, 0.25) is 0 Å². The number of benzene rings is 1. The molecule has 0 spiro atoms. The van der Waals surface area contributed by atoms with Gasteiger partial charge in [0.05, 0.1) is 12.2 Å². The second-order valence-corrected chi connectivity index (χ2v) is 4.95. The fourth-order valence-electron chi connectivity index (χ4n) is 2.13. The Morgan fingerprint density at radius 3 is 2.65 bits per heavy atom. The van der Waals surface area contributed by atoms with E-state index in [0.29, 0.717) is 18.7 Å². The van der Waals surface area contributed by atoms with E-state index < -0.39 is 0 Å². The number of unbranched alkanes of at least 4 members (excludes halogenated alkanes) is 1. The standard InChI is InChI=1S/C16H26N2O2/c1-4-6-9-18(10-11-19)16(20)14-12-13(3)7-8-15(14)17-5-2/h7-8,12,17,19H,4-6,9-11H2,1-3H3. The number of aliphatic hydroxyl groups is 1. The summed E-state index contributed by atoms with van der Waals surface area (Å²) in [6.45, 7) is 7.94. The van der Waals surface area contributed by atoms with Crippen LogP contribution in [0.15, 0.2) is 18.2 Å². The van der Waals surface area contributed by atoms with Gasteiger partial charge >= 0.3 is 0 Å². The summed E-state index contributed by atoms with van der Waals surface area (Å²) >= 11 is 0. The molecule has 0 atom stereocenters. The van der Waals surface area contributed by atoms with Crippen LogP contribution in [0.4, 0.5) is 5.69 Å². The number of hydrogen-bond acceptors (Lipinski definition) is 3. The molecular weight excluding hydrogens is 252 g/mol. The zero-order valence-electron chi connectivity index (χ0n) is 12.8. The third-order valence-corrected chi connectivity index (χ3v) is 3.21. The number of nitrogens with zero attached hydrogens (tertiary/aromatic N) is 1. The first-order chi connectivity index (χ1) is 9.63. The third-order valence-electron chi connectivity index (χ3n) is 3.21. The number of rotatable bonds is 8. The molecule has 1 amide bonds. The Balaban J connectivity index is 2.99. The summed E-state index contributed by atoms with van der Waals surface area (Å²) in [5.74, 6) is -0.00727. The van der Waals surface area contributed by atoms with Crippen molar-refractivity contribution in [1.82, 2.24) is 4.90 Å². The predicted molar refractivity (Wildman–Crippen MR) is 83.2 cm³/mol. The summed E-state index contributed by atoms with van der Waals surface area (Å²) in [4.78, 5) is 14.4. The van der Waals surface area contributed by atoms with Crippen LogP contribution in [0.5, 0.6) is 0 Å². The normalized spacial score (nSPS) is 10.4.